The zero-order valence-electron chi connectivity index (χ0n) is 10.3. The molecule has 2 rings (SSSR count). The Kier molecular flexibility index (Phi) is 4.29. The molecule has 1 aromatic heterocycles. The van der Waals surface area contributed by atoms with Crippen LogP contribution in [0.5, 0.6) is 0 Å². The lowest BCUT2D eigenvalue weighted by Gasteiger charge is -2.27. The normalized spacial score (nSPS) is 25.4. The first kappa shape index (κ1) is 13.1. The van der Waals surface area contributed by atoms with Crippen LogP contribution in [0.1, 0.15) is 38.7 Å². The third-order valence-corrected chi connectivity index (χ3v) is 4.23. The predicted molar refractivity (Wildman–Crippen MR) is 72.6 cm³/mol. The average molecular weight is 273 g/mol. The van der Waals surface area contributed by atoms with Crippen molar-refractivity contribution in [2.24, 2.45) is 0 Å². The summed E-state index contributed by atoms with van der Waals surface area (Å²) in [6.45, 7) is 5.41. The van der Waals surface area contributed by atoms with E-state index in [1.54, 1.807) is 12.3 Å². The van der Waals surface area contributed by atoms with Crippen LogP contribution < -0.4 is 0 Å². The van der Waals surface area contributed by atoms with E-state index in [9.17, 15) is 0 Å². The van der Waals surface area contributed by atoms with Crippen molar-refractivity contribution in [2.45, 2.75) is 51.7 Å². The summed E-state index contributed by atoms with van der Waals surface area (Å²) in [5.41, 5.74) is 1.07. The molecule has 0 aromatic carbocycles. The van der Waals surface area contributed by atoms with Gasteiger partial charge < -0.3 is 0 Å². The molecule has 0 aliphatic carbocycles. The van der Waals surface area contributed by atoms with E-state index < -0.39 is 0 Å². The minimum absolute atomic E-state index is 0.459. The smallest absolute Gasteiger partial charge is 0.130 e. The van der Waals surface area contributed by atoms with Crippen LogP contribution in [-0.2, 0) is 6.54 Å². The van der Waals surface area contributed by atoms with Gasteiger partial charge in [0, 0.05) is 35.4 Å². The number of hydrogen-bond acceptors (Lipinski definition) is 2. The van der Waals surface area contributed by atoms with Gasteiger partial charge >= 0.3 is 0 Å². The van der Waals surface area contributed by atoms with Crippen molar-refractivity contribution in [3.8, 4) is 0 Å². The molecule has 0 radical (unpaired) electrons. The van der Waals surface area contributed by atoms with Crippen LogP contribution in [0.2, 0.25) is 10.2 Å². The van der Waals surface area contributed by atoms with Gasteiger partial charge in [-0.15, -0.1) is 0 Å². The number of hydrogen-bond donors (Lipinski definition) is 0. The zero-order chi connectivity index (χ0) is 12.4. The van der Waals surface area contributed by atoms with E-state index in [-0.39, 0.29) is 0 Å². The molecule has 0 N–H and O–H groups in total. The third kappa shape index (κ3) is 2.93. The standard InChI is InChI=1S/C13H18Cl2N2/c1-3-11-5-4-9(2)17(11)8-10-7-16-13(15)6-12(10)14/h6-7,9,11H,3-5,8H2,1-2H3. The summed E-state index contributed by atoms with van der Waals surface area (Å²) in [5.74, 6) is 0. The zero-order valence-corrected chi connectivity index (χ0v) is 11.8. The van der Waals surface area contributed by atoms with Crippen LogP contribution in [0, 0.1) is 0 Å². The molecule has 2 heterocycles. The van der Waals surface area contributed by atoms with Crippen LogP contribution in [0.25, 0.3) is 0 Å². The van der Waals surface area contributed by atoms with Crippen LogP contribution in [0.4, 0.5) is 0 Å². The summed E-state index contributed by atoms with van der Waals surface area (Å²) in [6.07, 6.45) is 5.55. The molecule has 1 fully saturated rings. The molecular formula is C13H18Cl2N2. The quantitative estimate of drug-likeness (QED) is 0.769. The highest BCUT2D eigenvalue weighted by atomic mass is 35.5. The number of rotatable bonds is 3. The highest BCUT2D eigenvalue weighted by molar-refractivity contribution is 6.34. The van der Waals surface area contributed by atoms with Gasteiger partial charge in [0.2, 0.25) is 0 Å². The summed E-state index contributed by atoms with van der Waals surface area (Å²) in [7, 11) is 0. The minimum Gasteiger partial charge on any atom is -0.293 e. The minimum atomic E-state index is 0.459. The maximum Gasteiger partial charge on any atom is 0.130 e. The average Bonchev–Trinajstić information content (AvgIpc) is 2.64. The van der Waals surface area contributed by atoms with Crippen molar-refractivity contribution >= 4 is 23.2 Å². The summed E-state index contributed by atoms with van der Waals surface area (Å²) >= 11 is 12.0. The topological polar surface area (TPSA) is 16.1 Å². The Labute approximate surface area is 113 Å². The van der Waals surface area contributed by atoms with Gasteiger partial charge in [0.1, 0.15) is 5.15 Å². The highest BCUT2D eigenvalue weighted by Crippen LogP contribution is 2.29. The molecule has 1 aromatic rings. The van der Waals surface area contributed by atoms with Crippen LogP contribution in [0.15, 0.2) is 12.3 Å². The summed E-state index contributed by atoms with van der Waals surface area (Å²) in [5, 5.41) is 1.18. The van der Waals surface area contributed by atoms with E-state index in [2.05, 4.69) is 23.7 Å². The van der Waals surface area contributed by atoms with Crippen LogP contribution >= 0.6 is 23.2 Å². The molecule has 94 valence electrons. The van der Waals surface area contributed by atoms with E-state index in [0.29, 0.717) is 17.2 Å². The Morgan fingerprint density at radius 2 is 2.18 bits per heavy atom. The summed E-state index contributed by atoms with van der Waals surface area (Å²) in [4.78, 5) is 6.64. The van der Waals surface area contributed by atoms with Gasteiger partial charge in [-0.2, -0.15) is 0 Å². The first-order valence-electron chi connectivity index (χ1n) is 6.17. The fourth-order valence-corrected chi connectivity index (χ4v) is 3.02. The fourth-order valence-electron chi connectivity index (χ4n) is 2.60. The molecule has 4 heteroatoms. The second kappa shape index (κ2) is 5.55. The fraction of sp³-hybridized carbons (Fsp3) is 0.615. The van der Waals surface area contributed by atoms with Crippen molar-refractivity contribution in [1.29, 1.82) is 0 Å². The Hall–Kier alpha value is -0.310. The van der Waals surface area contributed by atoms with Crippen molar-refractivity contribution in [3.63, 3.8) is 0 Å². The molecule has 1 aliphatic rings. The van der Waals surface area contributed by atoms with E-state index >= 15 is 0 Å². The van der Waals surface area contributed by atoms with Gasteiger partial charge in [0.05, 0.1) is 0 Å². The number of pyridine rings is 1. The van der Waals surface area contributed by atoms with E-state index in [1.165, 1.54) is 19.3 Å². The molecule has 0 spiro atoms. The largest absolute Gasteiger partial charge is 0.293 e. The number of likely N-dealkylation sites (tertiary alicyclic amines) is 1. The van der Waals surface area contributed by atoms with Gasteiger partial charge in [0.25, 0.3) is 0 Å². The molecular weight excluding hydrogens is 255 g/mol. The lowest BCUT2D eigenvalue weighted by molar-refractivity contribution is 0.189. The molecule has 0 amide bonds. The monoisotopic (exact) mass is 272 g/mol. The predicted octanol–water partition coefficient (Wildman–Crippen LogP) is 4.15. The van der Waals surface area contributed by atoms with Gasteiger partial charge in [-0.05, 0) is 32.3 Å². The molecule has 1 aliphatic heterocycles. The third-order valence-electron chi connectivity index (χ3n) is 3.67. The SMILES string of the molecule is CCC1CCC(C)N1Cc1cnc(Cl)cc1Cl. The summed E-state index contributed by atoms with van der Waals surface area (Å²) < 4.78 is 0. The Morgan fingerprint density at radius 3 is 2.82 bits per heavy atom. The second-order valence-electron chi connectivity index (χ2n) is 4.76. The maximum atomic E-state index is 6.20. The second-order valence-corrected chi connectivity index (χ2v) is 5.55. The van der Waals surface area contributed by atoms with Crippen molar-refractivity contribution < 1.29 is 0 Å². The van der Waals surface area contributed by atoms with E-state index in [4.69, 9.17) is 23.2 Å². The number of aromatic nitrogens is 1. The number of nitrogens with zero attached hydrogens (tertiary/aromatic N) is 2. The van der Waals surface area contributed by atoms with Crippen molar-refractivity contribution in [2.75, 3.05) is 0 Å². The first-order chi connectivity index (χ1) is 8.11. The molecule has 2 atom stereocenters. The van der Waals surface area contributed by atoms with Crippen LogP contribution in [-0.4, -0.2) is 22.0 Å². The Balaban J connectivity index is 2.14. The number of halogens is 2. The van der Waals surface area contributed by atoms with Gasteiger partial charge in [0.15, 0.2) is 0 Å². The van der Waals surface area contributed by atoms with E-state index in [0.717, 1.165) is 17.1 Å². The van der Waals surface area contributed by atoms with Crippen LogP contribution in [0.3, 0.4) is 0 Å². The molecule has 1 saturated heterocycles. The molecule has 2 unspecified atom stereocenters. The molecule has 17 heavy (non-hydrogen) atoms. The van der Waals surface area contributed by atoms with Crippen molar-refractivity contribution in [3.05, 3.63) is 28.0 Å². The molecule has 0 saturated carbocycles. The highest BCUT2D eigenvalue weighted by Gasteiger charge is 2.29. The first-order valence-corrected chi connectivity index (χ1v) is 6.93. The molecule has 2 nitrogen and oxygen atoms in total. The van der Waals surface area contributed by atoms with Gasteiger partial charge in [-0.1, -0.05) is 30.1 Å². The Bertz CT molecular complexity index is 395. The van der Waals surface area contributed by atoms with Crippen molar-refractivity contribution in [1.82, 2.24) is 9.88 Å². The van der Waals surface area contributed by atoms with Gasteiger partial charge in [-0.25, -0.2) is 4.98 Å². The van der Waals surface area contributed by atoms with E-state index in [1.807, 2.05) is 0 Å². The lowest BCUT2D eigenvalue weighted by Crippen LogP contribution is -2.33. The molecule has 0 bridgehead atoms. The Morgan fingerprint density at radius 1 is 1.41 bits per heavy atom. The summed E-state index contributed by atoms with van der Waals surface area (Å²) in [6, 6.07) is 3.03. The lowest BCUT2D eigenvalue weighted by atomic mass is 10.1. The van der Waals surface area contributed by atoms with Gasteiger partial charge in [-0.3, -0.25) is 4.90 Å². The maximum absolute atomic E-state index is 6.20.